The van der Waals surface area contributed by atoms with E-state index in [4.69, 9.17) is 5.73 Å². The van der Waals surface area contributed by atoms with E-state index >= 15 is 0 Å². The van der Waals surface area contributed by atoms with Crippen molar-refractivity contribution in [3.63, 3.8) is 0 Å². The Balaban J connectivity index is 1.58. The highest BCUT2D eigenvalue weighted by atomic mass is 16.2. The molecule has 6 heteroatoms. The van der Waals surface area contributed by atoms with Crippen LogP contribution in [0.15, 0.2) is 48.5 Å². The summed E-state index contributed by atoms with van der Waals surface area (Å²) in [6.45, 7) is 4.74. The Morgan fingerprint density at radius 1 is 1.00 bits per heavy atom. The molecular formula is C19H22N4O2. The van der Waals surface area contributed by atoms with E-state index in [0.717, 1.165) is 18.7 Å². The largest absolute Gasteiger partial charge is 0.368 e. The van der Waals surface area contributed by atoms with Gasteiger partial charge in [0.1, 0.15) is 0 Å². The maximum absolute atomic E-state index is 12.4. The van der Waals surface area contributed by atoms with E-state index in [-0.39, 0.29) is 6.03 Å². The summed E-state index contributed by atoms with van der Waals surface area (Å²) in [6, 6.07) is 15.2. The van der Waals surface area contributed by atoms with Gasteiger partial charge >= 0.3 is 6.03 Å². The van der Waals surface area contributed by atoms with Crippen molar-refractivity contribution in [2.24, 2.45) is 5.73 Å². The predicted molar refractivity (Wildman–Crippen MR) is 98.9 cm³/mol. The highest BCUT2D eigenvalue weighted by molar-refractivity contribution is 5.96. The van der Waals surface area contributed by atoms with Gasteiger partial charge in [0.15, 0.2) is 0 Å². The van der Waals surface area contributed by atoms with Gasteiger partial charge in [0.2, 0.25) is 5.91 Å². The Kier molecular flexibility index (Phi) is 4.88. The predicted octanol–water partition coefficient (Wildman–Crippen LogP) is 2.45. The molecule has 2 aromatic carbocycles. The summed E-state index contributed by atoms with van der Waals surface area (Å²) in [5, 5.41) is 2.89. The molecule has 130 valence electrons. The van der Waals surface area contributed by atoms with Gasteiger partial charge in [0.25, 0.3) is 0 Å². The molecule has 1 heterocycles. The first kappa shape index (κ1) is 16.8. The van der Waals surface area contributed by atoms with Crippen LogP contribution in [0.2, 0.25) is 0 Å². The minimum atomic E-state index is -0.465. The summed E-state index contributed by atoms with van der Waals surface area (Å²) < 4.78 is 0. The number of nitrogens with two attached hydrogens (primary N) is 1. The molecule has 25 heavy (non-hydrogen) atoms. The summed E-state index contributed by atoms with van der Waals surface area (Å²) in [7, 11) is 0. The van der Waals surface area contributed by atoms with Gasteiger partial charge in [-0.05, 0) is 42.8 Å². The number of carbonyl (C=O) groups excluding carboxylic acids is 2. The smallest absolute Gasteiger partial charge is 0.321 e. The summed E-state index contributed by atoms with van der Waals surface area (Å²) in [4.78, 5) is 27.8. The summed E-state index contributed by atoms with van der Waals surface area (Å²) in [5.74, 6) is -0.465. The number of hydrogen-bond acceptors (Lipinski definition) is 3. The van der Waals surface area contributed by atoms with Crippen LogP contribution in [0, 0.1) is 6.92 Å². The number of urea groups is 1. The third-order valence-corrected chi connectivity index (χ3v) is 4.43. The van der Waals surface area contributed by atoms with Crippen LogP contribution in [0.3, 0.4) is 0 Å². The molecule has 0 aliphatic carbocycles. The van der Waals surface area contributed by atoms with Crippen LogP contribution in [0.4, 0.5) is 16.2 Å². The van der Waals surface area contributed by atoms with E-state index in [1.165, 1.54) is 5.69 Å². The molecule has 0 aromatic heterocycles. The van der Waals surface area contributed by atoms with E-state index < -0.39 is 5.91 Å². The maximum atomic E-state index is 12.4. The molecule has 1 aliphatic rings. The lowest BCUT2D eigenvalue weighted by Gasteiger charge is -2.36. The number of nitrogens with zero attached hydrogens (tertiary/aromatic N) is 2. The van der Waals surface area contributed by atoms with Gasteiger partial charge in [0, 0.05) is 43.1 Å². The van der Waals surface area contributed by atoms with Crippen LogP contribution >= 0.6 is 0 Å². The Morgan fingerprint density at radius 3 is 2.28 bits per heavy atom. The topological polar surface area (TPSA) is 78.7 Å². The van der Waals surface area contributed by atoms with Gasteiger partial charge in [-0.1, -0.05) is 18.2 Å². The van der Waals surface area contributed by atoms with Crippen molar-refractivity contribution < 1.29 is 9.59 Å². The van der Waals surface area contributed by atoms with Crippen LogP contribution in [-0.2, 0) is 0 Å². The molecule has 3 rings (SSSR count). The van der Waals surface area contributed by atoms with Gasteiger partial charge in [-0.3, -0.25) is 4.79 Å². The van der Waals surface area contributed by atoms with Crippen molar-refractivity contribution in [1.29, 1.82) is 0 Å². The third kappa shape index (κ3) is 3.91. The second-order valence-electron chi connectivity index (χ2n) is 6.13. The quantitative estimate of drug-likeness (QED) is 0.902. The fraction of sp³-hybridized carbons (Fsp3) is 0.263. The minimum absolute atomic E-state index is 0.126. The number of piperazine rings is 1. The number of hydrogen-bond donors (Lipinski definition) is 2. The van der Waals surface area contributed by atoms with Crippen molar-refractivity contribution >= 4 is 23.3 Å². The number of amides is 3. The lowest BCUT2D eigenvalue weighted by Crippen LogP contribution is -2.50. The van der Waals surface area contributed by atoms with Crippen molar-refractivity contribution in [2.75, 3.05) is 36.4 Å². The first-order valence-corrected chi connectivity index (χ1v) is 8.31. The molecule has 6 nitrogen and oxygen atoms in total. The molecule has 0 bridgehead atoms. The fourth-order valence-corrected chi connectivity index (χ4v) is 3.03. The lowest BCUT2D eigenvalue weighted by molar-refractivity contribution is 0.0999. The number of aryl methyl sites for hydroxylation is 1. The molecule has 2 aromatic rings. The number of benzene rings is 2. The Morgan fingerprint density at radius 2 is 1.68 bits per heavy atom. The van der Waals surface area contributed by atoms with E-state index in [1.807, 2.05) is 18.2 Å². The highest BCUT2D eigenvalue weighted by Crippen LogP contribution is 2.18. The minimum Gasteiger partial charge on any atom is -0.368 e. The molecular weight excluding hydrogens is 316 g/mol. The third-order valence-electron chi connectivity index (χ3n) is 4.43. The summed E-state index contributed by atoms with van der Waals surface area (Å²) >= 11 is 0. The average Bonchev–Trinajstić information content (AvgIpc) is 2.62. The van der Waals surface area contributed by atoms with Crippen molar-refractivity contribution in [2.45, 2.75) is 6.92 Å². The van der Waals surface area contributed by atoms with E-state index in [0.29, 0.717) is 24.3 Å². The van der Waals surface area contributed by atoms with E-state index in [1.54, 1.807) is 30.0 Å². The number of anilines is 2. The fourth-order valence-electron chi connectivity index (χ4n) is 3.03. The molecule has 0 spiro atoms. The SMILES string of the molecule is Cc1cc(NC(=O)N2CCN(c3ccccc3)CC2)ccc1C(N)=O. The molecule has 0 saturated carbocycles. The zero-order valence-electron chi connectivity index (χ0n) is 14.2. The average molecular weight is 338 g/mol. The number of nitrogens with one attached hydrogen (secondary N) is 1. The highest BCUT2D eigenvalue weighted by Gasteiger charge is 2.21. The molecule has 0 radical (unpaired) electrons. The van der Waals surface area contributed by atoms with E-state index in [9.17, 15) is 9.59 Å². The number of carbonyl (C=O) groups is 2. The van der Waals surface area contributed by atoms with Crippen molar-refractivity contribution in [3.8, 4) is 0 Å². The van der Waals surface area contributed by atoms with Gasteiger partial charge in [-0.2, -0.15) is 0 Å². The molecule has 0 atom stereocenters. The Hall–Kier alpha value is -3.02. The number of primary amides is 1. The second kappa shape index (κ2) is 7.25. The van der Waals surface area contributed by atoms with Crippen LogP contribution in [0.25, 0.3) is 0 Å². The van der Waals surface area contributed by atoms with Crippen LogP contribution < -0.4 is 16.0 Å². The van der Waals surface area contributed by atoms with Gasteiger partial charge in [-0.25, -0.2) is 4.79 Å². The molecule has 1 fully saturated rings. The normalized spacial score (nSPS) is 14.3. The molecule has 3 amide bonds. The number of rotatable bonds is 3. The van der Waals surface area contributed by atoms with Crippen LogP contribution in [-0.4, -0.2) is 43.0 Å². The van der Waals surface area contributed by atoms with E-state index in [2.05, 4.69) is 22.3 Å². The zero-order chi connectivity index (χ0) is 17.8. The molecule has 3 N–H and O–H groups in total. The Bertz CT molecular complexity index is 768. The van der Waals surface area contributed by atoms with Crippen molar-refractivity contribution in [3.05, 3.63) is 59.7 Å². The van der Waals surface area contributed by atoms with Gasteiger partial charge in [-0.15, -0.1) is 0 Å². The second-order valence-corrected chi connectivity index (χ2v) is 6.13. The molecule has 1 aliphatic heterocycles. The molecule has 0 unspecified atom stereocenters. The summed E-state index contributed by atoms with van der Waals surface area (Å²) in [6.07, 6.45) is 0. The maximum Gasteiger partial charge on any atom is 0.321 e. The monoisotopic (exact) mass is 338 g/mol. The van der Waals surface area contributed by atoms with Gasteiger partial charge in [0.05, 0.1) is 0 Å². The molecule has 1 saturated heterocycles. The van der Waals surface area contributed by atoms with Gasteiger partial charge < -0.3 is 20.9 Å². The summed E-state index contributed by atoms with van der Waals surface area (Å²) in [5.41, 5.74) is 8.37. The first-order chi connectivity index (χ1) is 12.0. The number of para-hydroxylation sites is 1. The Labute approximate surface area is 147 Å². The van der Waals surface area contributed by atoms with Crippen LogP contribution in [0.5, 0.6) is 0 Å². The van der Waals surface area contributed by atoms with Crippen molar-refractivity contribution in [1.82, 2.24) is 4.90 Å². The zero-order valence-corrected chi connectivity index (χ0v) is 14.2. The standard InChI is InChI=1S/C19H22N4O2/c1-14-13-15(7-8-17(14)18(20)24)21-19(25)23-11-9-22(10-12-23)16-5-3-2-4-6-16/h2-8,13H,9-12H2,1H3,(H2,20,24)(H,21,25). The van der Waals surface area contributed by atoms with Crippen LogP contribution in [0.1, 0.15) is 15.9 Å². The first-order valence-electron chi connectivity index (χ1n) is 8.31. The lowest BCUT2D eigenvalue weighted by atomic mass is 10.1.